The van der Waals surface area contributed by atoms with Crippen LogP contribution in [0.15, 0.2) is 68.2 Å². The fourth-order valence-electron chi connectivity index (χ4n) is 8.13. The molecule has 0 spiro atoms. The number of nitrogen functional groups attached to an aromatic ring is 4. The second kappa shape index (κ2) is 22.0. The molecule has 15 atom stereocenters. The van der Waals surface area contributed by atoms with Gasteiger partial charge in [0.2, 0.25) is 0 Å². The van der Waals surface area contributed by atoms with Gasteiger partial charge in [-0.3, -0.25) is 45.4 Å². The summed E-state index contributed by atoms with van der Waals surface area (Å²) in [5, 5.41) is 20.6. The number of aliphatic hydroxyl groups is 2. The minimum atomic E-state index is -5.35. The Labute approximate surface area is 408 Å². The highest BCUT2D eigenvalue weighted by atomic mass is 31.2. The smallest absolute Gasteiger partial charge is 0.394 e. The van der Waals surface area contributed by atoms with Crippen LogP contribution in [0.1, 0.15) is 50.6 Å². The van der Waals surface area contributed by atoms with E-state index in [1.807, 2.05) is 0 Å². The molecule has 8 heterocycles. The van der Waals surface area contributed by atoms with Gasteiger partial charge in [-0.05, 0) is 24.3 Å². The molecule has 0 saturated carbocycles. The lowest BCUT2D eigenvalue weighted by Crippen LogP contribution is -2.31. The van der Waals surface area contributed by atoms with Crippen molar-refractivity contribution in [2.75, 3.05) is 49.4 Å². The maximum absolute atomic E-state index is 13.7. The number of aromatic nitrogens is 8. The molecule has 0 aromatic carbocycles. The van der Waals surface area contributed by atoms with Crippen LogP contribution in [-0.4, -0.2) is 138 Å². The van der Waals surface area contributed by atoms with Crippen LogP contribution in [0.25, 0.3) is 0 Å². The Bertz CT molecular complexity index is 3040. The lowest BCUT2D eigenvalue weighted by molar-refractivity contribution is -0.0639. The van der Waals surface area contributed by atoms with Crippen LogP contribution in [-0.2, 0) is 59.8 Å². The van der Waals surface area contributed by atoms with Gasteiger partial charge in [0.1, 0.15) is 90.9 Å². The van der Waals surface area contributed by atoms with E-state index in [1.165, 1.54) is 49.1 Å². The first-order chi connectivity index (χ1) is 34.4. The van der Waals surface area contributed by atoms with Crippen LogP contribution in [0.5, 0.6) is 0 Å². The van der Waals surface area contributed by atoms with Gasteiger partial charge in [-0.2, -0.15) is 19.9 Å². The molecule has 4 aliphatic heterocycles. The molecule has 13 N–H and O–H groups in total. The number of hydrogen-bond acceptors (Lipinski definition) is 27. The maximum atomic E-state index is 13.7. The van der Waals surface area contributed by atoms with Gasteiger partial charge in [0.25, 0.3) is 0 Å². The molecular weight excluding hydrogens is 1050 g/mol. The highest BCUT2D eigenvalue weighted by Crippen LogP contribution is 2.53. The lowest BCUT2D eigenvalue weighted by Gasteiger charge is -2.25. The maximum Gasteiger partial charge on any atom is 0.472 e. The summed E-state index contributed by atoms with van der Waals surface area (Å²) in [7, 11) is -15.7. The molecule has 0 radical (unpaired) electrons. The predicted molar refractivity (Wildman–Crippen MR) is 241 cm³/mol. The summed E-state index contributed by atoms with van der Waals surface area (Å²) in [6.45, 7) is -3.36. The highest BCUT2D eigenvalue weighted by Gasteiger charge is 2.48. The van der Waals surface area contributed by atoms with Crippen molar-refractivity contribution in [3.8, 4) is 0 Å². The highest BCUT2D eigenvalue weighted by molar-refractivity contribution is 7.48. The number of anilines is 4. The molecular formula is C36H49N12O22P3. The van der Waals surface area contributed by atoms with Gasteiger partial charge < -0.3 is 66.8 Å². The van der Waals surface area contributed by atoms with Crippen molar-refractivity contribution in [3.05, 3.63) is 91.0 Å². The molecule has 73 heavy (non-hydrogen) atoms. The number of phosphoric acid groups is 3. The zero-order valence-corrected chi connectivity index (χ0v) is 40.3. The minimum absolute atomic E-state index is 0.0593. The molecule has 0 bridgehead atoms. The van der Waals surface area contributed by atoms with Crippen molar-refractivity contribution >= 4 is 46.7 Å². The van der Waals surface area contributed by atoms with Crippen LogP contribution in [0, 0.1) is 0 Å². The molecule has 4 saturated heterocycles. The molecule has 3 unspecified atom stereocenters. The fourth-order valence-corrected chi connectivity index (χ4v) is 11.0. The lowest BCUT2D eigenvalue weighted by atomic mass is 10.2. The van der Waals surface area contributed by atoms with Crippen molar-refractivity contribution in [2.45, 2.75) is 99.4 Å². The molecule has 0 amide bonds. The third-order valence-corrected chi connectivity index (χ3v) is 14.6. The first-order valence-electron chi connectivity index (χ1n) is 21.7. The van der Waals surface area contributed by atoms with Crippen molar-refractivity contribution in [1.29, 1.82) is 0 Å². The van der Waals surface area contributed by atoms with Gasteiger partial charge in [-0.25, -0.2) is 32.9 Å². The average Bonchev–Trinajstić information content (AvgIpc) is 4.09. The summed E-state index contributed by atoms with van der Waals surface area (Å²) in [5.41, 5.74) is 18.9. The SMILES string of the molecule is Nc1ccn([C@H]2C[C@H](OP(=O)(O)OC[C@H]3O[C@@H](n4ccc(N)nc4=O)C[C@@H]3OP(=O)(O)OC[C@H]3O[C@@H](n4ccc(N)nc4=O)C[C@@H]3OP(=O)(O)OC[C@H]3O[C@@H](n4ccc(N)nc4=O)C[C@@H]3O)[C@@H](CO)O2)c(=O)n1. The quantitative estimate of drug-likeness (QED) is 0.0408. The van der Waals surface area contributed by atoms with E-state index in [0.717, 1.165) is 18.3 Å². The molecule has 8 rings (SSSR count). The zero-order valence-electron chi connectivity index (χ0n) is 37.6. The Morgan fingerprint density at radius 2 is 0.767 bits per heavy atom. The van der Waals surface area contributed by atoms with Crippen LogP contribution < -0.4 is 45.7 Å². The Balaban J connectivity index is 0.939. The summed E-state index contributed by atoms with van der Waals surface area (Å²) < 4.78 is 99.5. The molecule has 4 fully saturated rings. The number of nitrogens with zero attached hydrogens (tertiary/aromatic N) is 8. The van der Waals surface area contributed by atoms with Crippen molar-refractivity contribution in [1.82, 2.24) is 38.2 Å². The Morgan fingerprint density at radius 3 is 1.08 bits per heavy atom. The number of rotatable bonds is 20. The number of nitrogens with two attached hydrogens (primary N) is 4. The summed E-state index contributed by atoms with van der Waals surface area (Å²) in [4.78, 5) is 97.6. The average molecular weight is 1090 g/mol. The summed E-state index contributed by atoms with van der Waals surface area (Å²) in [5.74, 6) is -0.444. The third kappa shape index (κ3) is 13.2. The number of aliphatic hydroxyl groups excluding tert-OH is 2. The number of ether oxygens (including phenoxy) is 4. The molecule has 4 aromatic rings. The Kier molecular flexibility index (Phi) is 16.3. The van der Waals surface area contributed by atoms with Crippen LogP contribution >= 0.6 is 23.5 Å². The number of hydrogen-bond donors (Lipinski definition) is 9. The third-order valence-electron chi connectivity index (χ3n) is 11.6. The van der Waals surface area contributed by atoms with E-state index in [0.29, 0.717) is 0 Å². The zero-order chi connectivity index (χ0) is 52.6. The van der Waals surface area contributed by atoms with Crippen molar-refractivity contribution in [2.24, 2.45) is 0 Å². The van der Waals surface area contributed by atoms with E-state index in [1.54, 1.807) is 0 Å². The van der Waals surface area contributed by atoms with Gasteiger partial charge in [0.05, 0.1) is 32.5 Å². The summed E-state index contributed by atoms with van der Waals surface area (Å²) >= 11 is 0. The van der Waals surface area contributed by atoms with E-state index in [9.17, 15) is 57.8 Å². The minimum Gasteiger partial charge on any atom is -0.394 e. The fraction of sp³-hybridized carbons (Fsp3) is 0.556. The first-order valence-corrected chi connectivity index (χ1v) is 26.2. The molecule has 34 nitrogen and oxygen atoms in total. The van der Waals surface area contributed by atoms with Crippen LogP contribution in [0.4, 0.5) is 23.3 Å². The monoisotopic (exact) mass is 1090 g/mol. The first kappa shape index (κ1) is 54.1. The second-order valence-electron chi connectivity index (χ2n) is 16.6. The summed E-state index contributed by atoms with van der Waals surface area (Å²) in [6.07, 6.45) is -12.5. The molecule has 0 aliphatic carbocycles. The van der Waals surface area contributed by atoms with E-state index in [4.69, 9.17) is 69.0 Å². The van der Waals surface area contributed by atoms with Crippen LogP contribution in [0.3, 0.4) is 0 Å². The van der Waals surface area contributed by atoms with Gasteiger partial charge >= 0.3 is 46.2 Å². The Morgan fingerprint density at radius 1 is 0.493 bits per heavy atom. The van der Waals surface area contributed by atoms with Crippen LogP contribution in [0.2, 0.25) is 0 Å². The molecule has 400 valence electrons. The van der Waals surface area contributed by atoms with Crippen molar-refractivity contribution in [3.63, 3.8) is 0 Å². The molecule has 4 aromatic heterocycles. The normalized spacial score (nSPS) is 30.8. The Hall–Kier alpha value is -5.19. The standard InChI is InChI=1S/C36H49N12O22P3/c37-25-1-5-45(33(51)41-25)29-9-17(50)22(65-29)14-61-71(55,56)69-19-11-31(47-7-3-27(39)43-35(47)53)67-24(19)16-63-73(59,60)70-20-12-32(48-8-4-28(40)44-36(48)54)66-23(20)15-62-72(57,58)68-18-10-30(64-21(18)13-49)46-6-2-26(38)42-34(46)52/h1-8,17-24,29-32,49-50H,9-16H2,(H,55,56)(H,57,58)(H,59,60)(H2,37,41,51)(H2,38,42,52)(H2,39,43,53)(H2,40,44,54)/t17-,18-,19-,20-,21+,22+,23+,24+,29+,30+,31+,32+/m0/s1. The summed E-state index contributed by atoms with van der Waals surface area (Å²) in [6, 6.07) is 5.12. The van der Waals surface area contributed by atoms with Gasteiger partial charge in [0, 0.05) is 50.5 Å². The van der Waals surface area contributed by atoms with Gasteiger partial charge in [0.15, 0.2) is 0 Å². The topological polar surface area (TPSA) is 488 Å². The largest absolute Gasteiger partial charge is 0.472 e. The van der Waals surface area contributed by atoms with Gasteiger partial charge in [-0.1, -0.05) is 0 Å². The molecule has 4 aliphatic rings. The van der Waals surface area contributed by atoms with E-state index in [2.05, 4.69) is 19.9 Å². The predicted octanol–water partition coefficient (Wildman–Crippen LogP) is -2.65. The number of phosphoric ester groups is 3. The van der Waals surface area contributed by atoms with E-state index in [-0.39, 0.29) is 36.1 Å². The van der Waals surface area contributed by atoms with E-state index >= 15 is 0 Å². The van der Waals surface area contributed by atoms with E-state index < -0.39 is 159 Å². The van der Waals surface area contributed by atoms with Crippen molar-refractivity contribution < 1.29 is 84.7 Å². The molecule has 37 heteroatoms. The second-order valence-corrected chi connectivity index (χ2v) is 20.8. The van der Waals surface area contributed by atoms with Gasteiger partial charge in [-0.15, -0.1) is 0 Å².